The minimum Gasteiger partial charge on any atom is -0.378 e. The van der Waals surface area contributed by atoms with Crippen LogP contribution in [0.1, 0.15) is 5.56 Å². The number of allylic oxidation sites excluding steroid dienone is 1. The Balaban J connectivity index is 2.10. The standard InChI is InChI=1S/C13H15N3OS/c14-10-13(18-15)9-11-1-3-12(4-2-11)16-5-7-17-8-6-16/h1-4,9H,5-8,15H2/b13-9+. The molecule has 2 rings (SSSR count). The summed E-state index contributed by atoms with van der Waals surface area (Å²) in [5.41, 5.74) is 2.18. The molecule has 0 radical (unpaired) electrons. The second kappa shape index (κ2) is 6.45. The van der Waals surface area contributed by atoms with Crippen molar-refractivity contribution in [3.8, 4) is 6.07 Å². The summed E-state index contributed by atoms with van der Waals surface area (Å²) in [5, 5.41) is 14.2. The van der Waals surface area contributed by atoms with Gasteiger partial charge in [0.25, 0.3) is 0 Å². The molecule has 0 aromatic heterocycles. The van der Waals surface area contributed by atoms with E-state index in [1.165, 1.54) is 5.69 Å². The zero-order valence-corrected chi connectivity index (χ0v) is 10.8. The Morgan fingerprint density at radius 3 is 2.56 bits per heavy atom. The molecule has 0 amide bonds. The third-order valence-electron chi connectivity index (χ3n) is 2.80. The Labute approximate surface area is 111 Å². The number of hydrogen-bond donors (Lipinski definition) is 1. The maximum Gasteiger partial charge on any atom is 0.107 e. The highest BCUT2D eigenvalue weighted by molar-refractivity contribution is 8.01. The van der Waals surface area contributed by atoms with E-state index in [9.17, 15) is 0 Å². The molecule has 0 atom stereocenters. The van der Waals surface area contributed by atoms with Gasteiger partial charge in [-0.25, -0.2) is 0 Å². The molecule has 2 N–H and O–H groups in total. The number of anilines is 1. The maximum absolute atomic E-state index is 8.80. The molecule has 1 heterocycles. The Morgan fingerprint density at radius 2 is 2.00 bits per heavy atom. The Hall–Kier alpha value is -1.48. The van der Waals surface area contributed by atoms with Crippen LogP contribution in [0.25, 0.3) is 6.08 Å². The molecule has 18 heavy (non-hydrogen) atoms. The van der Waals surface area contributed by atoms with Crippen molar-refractivity contribution in [3.05, 3.63) is 34.7 Å². The third-order valence-corrected chi connectivity index (χ3v) is 3.27. The summed E-state index contributed by atoms with van der Waals surface area (Å²) < 4.78 is 5.32. The van der Waals surface area contributed by atoms with E-state index in [-0.39, 0.29) is 0 Å². The summed E-state index contributed by atoms with van der Waals surface area (Å²) in [5.74, 6) is 0. The highest BCUT2D eigenvalue weighted by Gasteiger charge is 2.10. The van der Waals surface area contributed by atoms with Crippen molar-refractivity contribution in [3.63, 3.8) is 0 Å². The van der Waals surface area contributed by atoms with Gasteiger partial charge in [0.2, 0.25) is 0 Å². The Kier molecular flexibility index (Phi) is 4.65. The van der Waals surface area contributed by atoms with Crippen LogP contribution < -0.4 is 10.0 Å². The van der Waals surface area contributed by atoms with Gasteiger partial charge in [-0.05, 0) is 35.7 Å². The molecule has 0 saturated carbocycles. The average molecular weight is 261 g/mol. The molecule has 5 heteroatoms. The molecule has 1 aliphatic rings. The van der Waals surface area contributed by atoms with E-state index >= 15 is 0 Å². The molecule has 0 unspecified atom stereocenters. The topological polar surface area (TPSA) is 62.3 Å². The molecular weight excluding hydrogens is 246 g/mol. The Bertz CT molecular complexity index is 458. The Morgan fingerprint density at radius 1 is 1.33 bits per heavy atom. The SMILES string of the molecule is N#C/C(=C\c1ccc(N2CCOCC2)cc1)SN. The second-order valence-corrected chi connectivity index (χ2v) is 4.60. The first-order chi connectivity index (χ1) is 8.83. The van der Waals surface area contributed by atoms with Gasteiger partial charge >= 0.3 is 0 Å². The predicted octanol–water partition coefficient (Wildman–Crippen LogP) is 1.99. The summed E-state index contributed by atoms with van der Waals surface area (Å²) in [6.07, 6.45) is 1.79. The average Bonchev–Trinajstić information content (AvgIpc) is 2.46. The van der Waals surface area contributed by atoms with Crippen LogP contribution in [0.3, 0.4) is 0 Å². The van der Waals surface area contributed by atoms with E-state index in [1.54, 1.807) is 6.08 Å². The van der Waals surface area contributed by atoms with Gasteiger partial charge in [0.1, 0.15) is 11.0 Å². The molecule has 1 fully saturated rings. The van der Waals surface area contributed by atoms with Crippen LogP contribution >= 0.6 is 11.9 Å². The van der Waals surface area contributed by atoms with Crippen LogP contribution in [0, 0.1) is 11.3 Å². The van der Waals surface area contributed by atoms with Crippen LogP contribution in [0.4, 0.5) is 5.69 Å². The monoisotopic (exact) mass is 261 g/mol. The quantitative estimate of drug-likeness (QED) is 0.666. The van der Waals surface area contributed by atoms with E-state index in [2.05, 4.69) is 23.1 Å². The smallest absolute Gasteiger partial charge is 0.107 e. The predicted molar refractivity (Wildman–Crippen MR) is 74.8 cm³/mol. The first-order valence-electron chi connectivity index (χ1n) is 5.75. The molecule has 0 bridgehead atoms. The van der Waals surface area contributed by atoms with E-state index in [0.717, 1.165) is 43.8 Å². The van der Waals surface area contributed by atoms with Crippen LogP contribution in [0.15, 0.2) is 29.2 Å². The van der Waals surface area contributed by atoms with Gasteiger partial charge in [0.15, 0.2) is 0 Å². The summed E-state index contributed by atoms with van der Waals surface area (Å²) in [4.78, 5) is 2.80. The normalized spacial score (nSPS) is 16.4. The fourth-order valence-corrected chi connectivity index (χ4v) is 2.10. The number of hydrogen-bond acceptors (Lipinski definition) is 5. The number of ether oxygens (including phenoxy) is 1. The van der Waals surface area contributed by atoms with E-state index < -0.39 is 0 Å². The van der Waals surface area contributed by atoms with Gasteiger partial charge in [0, 0.05) is 18.8 Å². The van der Waals surface area contributed by atoms with Crippen LogP contribution in [-0.4, -0.2) is 26.3 Å². The fourth-order valence-electron chi connectivity index (χ4n) is 1.85. The first kappa shape index (κ1) is 13.0. The summed E-state index contributed by atoms with van der Waals surface area (Å²) in [6, 6.07) is 10.2. The van der Waals surface area contributed by atoms with Gasteiger partial charge in [-0.1, -0.05) is 12.1 Å². The van der Waals surface area contributed by atoms with Crippen molar-refractivity contribution in [2.24, 2.45) is 5.14 Å². The van der Waals surface area contributed by atoms with Gasteiger partial charge in [0.05, 0.1) is 13.2 Å². The van der Waals surface area contributed by atoms with Gasteiger partial charge in [-0.2, -0.15) is 5.26 Å². The second-order valence-electron chi connectivity index (χ2n) is 3.93. The third kappa shape index (κ3) is 3.26. The molecule has 1 saturated heterocycles. The molecule has 1 aliphatic heterocycles. The summed E-state index contributed by atoms with van der Waals surface area (Å²) >= 11 is 0.970. The zero-order valence-electron chi connectivity index (χ0n) is 10.0. The van der Waals surface area contributed by atoms with Crippen LogP contribution in [0.2, 0.25) is 0 Å². The van der Waals surface area contributed by atoms with E-state index in [0.29, 0.717) is 4.91 Å². The number of rotatable bonds is 3. The summed E-state index contributed by atoms with van der Waals surface area (Å²) in [6.45, 7) is 3.42. The number of nitriles is 1. The lowest BCUT2D eigenvalue weighted by Crippen LogP contribution is -2.36. The van der Waals surface area contributed by atoms with Crippen molar-refractivity contribution in [2.45, 2.75) is 0 Å². The number of nitrogens with two attached hydrogens (primary N) is 1. The maximum atomic E-state index is 8.80. The van der Waals surface area contributed by atoms with Crippen LogP contribution in [-0.2, 0) is 4.74 Å². The highest BCUT2D eigenvalue weighted by atomic mass is 32.2. The van der Waals surface area contributed by atoms with Crippen molar-refractivity contribution >= 4 is 23.7 Å². The molecule has 1 aromatic rings. The zero-order chi connectivity index (χ0) is 12.8. The molecule has 4 nitrogen and oxygen atoms in total. The lowest BCUT2D eigenvalue weighted by atomic mass is 10.2. The minimum absolute atomic E-state index is 0.508. The summed E-state index contributed by atoms with van der Waals surface area (Å²) in [7, 11) is 0. The van der Waals surface area contributed by atoms with Crippen molar-refractivity contribution < 1.29 is 4.74 Å². The molecule has 0 aliphatic carbocycles. The molecule has 1 aromatic carbocycles. The largest absolute Gasteiger partial charge is 0.378 e. The van der Waals surface area contributed by atoms with Gasteiger partial charge in [-0.3, -0.25) is 5.14 Å². The lowest BCUT2D eigenvalue weighted by molar-refractivity contribution is 0.122. The van der Waals surface area contributed by atoms with E-state index in [4.69, 9.17) is 15.1 Å². The van der Waals surface area contributed by atoms with Crippen molar-refractivity contribution in [1.29, 1.82) is 5.26 Å². The first-order valence-corrected chi connectivity index (χ1v) is 6.63. The number of benzene rings is 1. The molecule has 94 valence electrons. The molecule has 0 spiro atoms. The van der Waals surface area contributed by atoms with Gasteiger partial charge < -0.3 is 9.64 Å². The van der Waals surface area contributed by atoms with Crippen molar-refractivity contribution in [1.82, 2.24) is 0 Å². The van der Waals surface area contributed by atoms with Crippen LogP contribution in [0.5, 0.6) is 0 Å². The van der Waals surface area contributed by atoms with Gasteiger partial charge in [-0.15, -0.1) is 0 Å². The highest BCUT2D eigenvalue weighted by Crippen LogP contribution is 2.19. The van der Waals surface area contributed by atoms with Crippen molar-refractivity contribution in [2.75, 3.05) is 31.2 Å². The van der Waals surface area contributed by atoms with E-state index in [1.807, 2.05) is 12.1 Å². The number of morpholine rings is 1. The lowest BCUT2D eigenvalue weighted by Gasteiger charge is -2.28. The number of nitrogens with zero attached hydrogens (tertiary/aromatic N) is 2. The minimum atomic E-state index is 0.508. The fraction of sp³-hybridized carbons (Fsp3) is 0.308. The molecular formula is C13H15N3OS.